The highest BCUT2D eigenvalue weighted by Gasteiger charge is 2.32. The van der Waals surface area contributed by atoms with Crippen LogP contribution in [0, 0.1) is 0 Å². The highest BCUT2D eigenvalue weighted by molar-refractivity contribution is 7.27. The first-order valence-corrected chi connectivity index (χ1v) is 7.20. The van der Waals surface area contributed by atoms with Crippen LogP contribution in [0.15, 0.2) is 42.1 Å². The second kappa shape index (κ2) is 5.48. The molecule has 0 fully saturated rings. The molecule has 1 N–H and O–H groups in total. The van der Waals surface area contributed by atoms with Gasteiger partial charge in [-0.15, -0.1) is 9.24 Å². The van der Waals surface area contributed by atoms with Crippen LogP contribution in [0.4, 0.5) is 0 Å². The van der Waals surface area contributed by atoms with Crippen LogP contribution >= 0.6 is 9.24 Å². The van der Waals surface area contributed by atoms with Gasteiger partial charge in [-0.1, -0.05) is 30.3 Å². The SMILES string of the molecule is CNC1(C)CC=CC(N(C)C)=C1c1ccccc1P. The van der Waals surface area contributed by atoms with E-state index < -0.39 is 0 Å². The molecule has 19 heavy (non-hydrogen) atoms. The van der Waals surface area contributed by atoms with Crippen molar-refractivity contribution >= 4 is 20.1 Å². The van der Waals surface area contributed by atoms with Gasteiger partial charge in [0.25, 0.3) is 0 Å². The van der Waals surface area contributed by atoms with Gasteiger partial charge >= 0.3 is 0 Å². The van der Waals surface area contributed by atoms with E-state index in [4.69, 9.17) is 0 Å². The molecule has 0 saturated carbocycles. The molecule has 2 nitrogen and oxygen atoms in total. The molecule has 0 amide bonds. The molecule has 0 aliphatic heterocycles. The summed E-state index contributed by atoms with van der Waals surface area (Å²) in [7, 11) is 9.10. The number of hydrogen-bond acceptors (Lipinski definition) is 2. The lowest BCUT2D eigenvalue weighted by Crippen LogP contribution is -2.44. The van der Waals surface area contributed by atoms with Crippen LogP contribution in [0.3, 0.4) is 0 Å². The average Bonchev–Trinajstić information content (AvgIpc) is 2.39. The van der Waals surface area contributed by atoms with Crippen molar-refractivity contribution in [2.75, 3.05) is 21.1 Å². The number of allylic oxidation sites excluding steroid dienone is 1. The third kappa shape index (κ3) is 2.61. The molecular weight excluding hydrogens is 251 g/mol. The van der Waals surface area contributed by atoms with E-state index >= 15 is 0 Å². The molecule has 0 heterocycles. The molecule has 1 aliphatic carbocycles. The summed E-state index contributed by atoms with van der Waals surface area (Å²) in [5.41, 5.74) is 3.92. The van der Waals surface area contributed by atoms with Crippen LogP contribution in [-0.2, 0) is 0 Å². The Morgan fingerprint density at radius 2 is 1.95 bits per heavy atom. The molecule has 1 aliphatic rings. The van der Waals surface area contributed by atoms with Gasteiger partial charge in [0.2, 0.25) is 0 Å². The average molecular weight is 274 g/mol. The molecule has 0 saturated heterocycles. The number of nitrogens with zero attached hydrogens (tertiary/aromatic N) is 1. The fraction of sp³-hybridized carbons (Fsp3) is 0.375. The molecule has 0 radical (unpaired) electrons. The van der Waals surface area contributed by atoms with Crippen molar-refractivity contribution in [3.05, 3.63) is 47.7 Å². The van der Waals surface area contributed by atoms with E-state index in [9.17, 15) is 0 Å². The molecule has 0 aromatic heterocycles. The number of rotatable bonds is 3. The molecule has 1 aromatic rings. The van der Waals surface area contributed by atoms with Gasteiger partial charge in [0.15, 0.2) is 0 Å². The molecule has 2 atom stereocenters. The molecule has 2 rings (SSSR count). The summed E-state index contributed by atoms with van der Waals surface area (Å²) in [6.45, 7) is 2.27. The monoisotopic (exact) mass is 274 g/mol. The summed E-state index contributed by atoms with van der Waals surface area (Å²) < 4.78 is 0. The van der Waals surface area contributed by atoms with Crippen molar-refractivity contribution in [1.29, 1.82) is 0 Å². The summed E-state index contributed by atoms with van der Waals surface area (Å²) >= 11 is 0. The molecule has 0 spiro atoms. The second-order valence-electron chi connectivity index (χ2n) is 5.43. The van der Waals surface area contributed by atoms with Gasteiger partial charge in [0, 0.05) is 30.9 Å². The Balaban J connectivity index is 2.69. The summed E-state index contributed by atoms with van der Waals surface area (Å²) in [5.74, 6) is 0. The third-order valence-corrected chi connectivity index (χ3v) is 4.38. The lowest BCUT2D eigenvalue weighted by atomic mass is 9.79. The van der Waals surface area contributed by atoms with Crippen LogP contribution in [0.5, 0.6) is 0 Å². The summed E-state index contributed by atoms with van der Waals surface area (Å²) in [6.07, 6.45) is 5.49. The van der Waals surface area contributed by atoms with Gasteiger partial charge in [-0.2, -0.15) is 0 Å². The van der Waals surface area contributed by atoms with Crippen molar-refractivity contribution < 1.29 is 0 Å². The smallest absolute Gasteiger partial charge is 0.0465 e. The maximum absolute atomic E-state index is 3.50. The Morgan fingerprint density at radius 1 is 1.26 bits per heavy atom. The van der Waals surface area contributed by atoms with Crippen LogP contribution in [0.1, 0.15) is 18.9 Å². The fourth-order valence-electron chi connectivity index (χ4n) is 2.63. The minimum atomic E-state index is -0.0268. The second-order valence-corrected chi connectivity index (χ2v) is 6.05. The minimum absolute atomic E-state index is 0.0268. The van der Waals surface area contributed by atoms with E-state index in [0.29, 0.717) is 0 Å². The zero-order chi connectivity index (χ0) is 14.0. The Hall–Kier alpha value is -1.11. The highest BCUT2D eigenvalue weighted by Crippen LogP contribution is 2.37. The normalized spacial score (nSPS) is 22.8. The largest absolute Gasteiger partial charge is 0.377 e. The molecule has 3 heteroatoms. The zero-order valence-corrected chi connectivity index (χ0v) is 13.4. The summed E-state index contributed by atoms with van der Waals surface area (Å²) in [6, 6.07) is 8.54. The topological polar surface area (TPSA) is 15.3 Å². The predicted molar refractivity (Wildman–Crippen MR) is 87.6 cm³/mol. The highest BCUT2D eigenvalue weighted by atomic mass is 31.0. The molecule has 102 valence electrons. The maximum atomic E-state index is 3.50. The van der Waals surface area contributed by atoms with Gasteiger partial charge in [-0.25, -0.2) is 0 Å². The first kappa shape index (κ1) is 14.3. The molecule has 1 aromatic carbocycles. The predicted octanol–water partition coefficient (Wildman–Crippen LogP) is 2.40. The van der Waals surface area contributed by atoms with E-state index in [-0.39, 0.29) is 5.54 Å². The summed E-state index contributed by atoms with van der Waals surface area (Å²) in [5, 5.41) is 4.74. The van der Waals surface area contributed by atoms with E-state index in [0.717, 1.165) is 6.42 Å². The number of nitrogens with one attached hydrogen (secondary N) is 1. The zero-order valence-electron chi connectivity index (χ0n) is 12.2. The first-order valence-electron chi connectivity index (χ1n) is 6.62. The number of hydrogen-bond donors (Lipinski definition) is 1. The minimum Gasteiger partial charge on any atom is -0.377 e. The van der Waals surface area contributed by atoms with E-state index in [1.54, 1.807) is 0 Å². The van der Waals surface area contributed by atoms with Gasteiger partial charge in [0.05, 0.1) is 0 Å². The van der Waals surface area contributed by atoms with Gasteiger partial charge < -0.3 is 10.2 Å². The van der Waals surface area contributed by atoms with E-state index in [1.807, 2.05) is 7.05 Å². The van der Waals surface area contributed by atoms with E-state index in [2.05, 4.69) is 76.9 Å². The van der Waals surface area contributed by atoms with Gasteiger partial charge in [-0.3, -0.25) is 0 Å². The Bertz CT molecular complexity index is 531. The fourth-order valence-corrected chi connectivity index (χ4v) is 2.99. The van der Waals surface area contributed by atoms with Crippen molar-refractivity contribution in [3.63, 3.8) is 0 Å². The van der Waals surface area contributed by atoms with Crippen LogP contribution in [0.25, 0.3) is 5.57 Å². The molecule has 2 unspecified atom stereocenters. The molecular formula is C16H23N2P. The standard InChI is InChI=1S/C16H23N2P/c1-16(17-2)11-7-9-13(18(3)4)15(16)12-8-5-6-10-14(12)19/h5-10,17H,11,19H2,1-4H3. The van der Waals surface area contributed by atoms with Crippen LogP contribution in [0.2, 0.25) is 0 Å². The quantitative estimate of drug-likeness (QED) is 0.852. The van der Waals surface area contributed by atoms with Crippen molar-refractivity contribution in [1.82, 2.24) is 10.2 Å². The number of benzene rings is 1. The maximum Gasteiger partial charge on any atom is 0.0465 e. The van der Waals surface area contributed by atoms with Crippen LogP contribution < -0.4 is 10.6 Å². The van der Waals surface area contributed by atoms with Crippen molar-refractivity contribution in [2.45, 2.75) is 18.9 Å². The van der Waals surface area contributed by atoms with Gasteiger partial charge in [0.1, 0.15) is 0 Å². The van der Waals surface area contributed by atoms with Crippen molar-refractivity contribution in [3.8, 4) is 0 Å². The Morgan fingerprint density at radius 3 is 2.53 bits per heavy atom. The third-order valence-electron chi connectivity index (χ3n) is 3.87. The van der Waals surface area contributed by atoms with Crippen LogP contribution in [-0.4, -0.2) is 31.6 Å². The van der Waals surface area contributed by atoms with E-state index in [1.165, 1.54) is 22.1 Å². The lowest BCUT2D eigenvalue weighted by molar-refractivity contribution is 0.464. The lowest BCUT2D eigenvalue weighted by Gasteiger charge is -2.38. The first-order chi connectivity index (χ1) is 8.99. The Labute approximate surface area is 118 Å². The number of likely N-dealkylation sites (N-methyl/N-ethyl adjacent to an activating group) is 2. The van der Waals surface area contributed by atoms with Gasteiger partial charge in [-0.05, 0) is 37.3 Å². The summed E-state index contributed by atoms with van der Waals surface area (Å²) in [4.78, 5) is 2.19. The molecule has 0 bridgehead atoms. The Kier molecular flexibility index (Phi) is 4.13. The van der Waals surface area contributed by atoms with Crippen molar-refractivity contribution in [2.24, 2.45) is 0 Å².